The molecule has 210 valence electrons. The normalized spacial score (nSPS) is 18.6. The van der Waals surface area contributed by atoms with Crippen LogP contribution in [0, 0.1) is 15.9 Å². The lowest BCUT2D eigenvalue weighted by Crippen LogP contribution is -2.55. The van der Waals surface area contributed by atoms with Crippen molar-refractivity contribution in [3.63, 3.8) is 0 Å². The lowest BCUT2D eigenvalue weighted by molar-refractivity contribution is -0.387. The van der Waals surface area contributed by atoms with Gasteiger partial charge in [0, 0.05) is 32.1 Å². The van der Waals surface area contributed by atoms with E-state index < -0.39 is 52.5 Å². The number of benzene rings is 3. The smallest absolute Gasteiger partial charge is 0.305 e. The summed E-state index contributed by atoms with van der Waals surface area (Å²) < 4.78 is 13.7. The predicted octanol–water partition coefficient (Wildman–Crippen LogP) is 2.25. The van der Waals surface area contributed by atoms with Gasteiger partial charge < -0.3 is 20.8 Å². The van der Waals surface area contributed by atoms with Crippen molar-refractivity contribution in [1.29, 1.82) is 0 Å². The SMILES string of the molecule is O=C(NC[C@@H](O)c1ccc(F)c([N+](=O)[O-])c1)[C@H](Cc1ccccc1)NC(=O)[C@H]1[C@@H](O)CCN1Cc1ccccc1. The van der Waals surface area contributed by atoms with Gasteiger partial charge in [0.05, 0.1) is 17.1 Å². The van der Waals surface area contributed by atoms with E-state index in [1.807, 2.05) is 53.4 Å². The fourth-order valence-electron chi connectivity index (χ4n) is 4.81. The molecule has 40 heavy (non-hydrogen) atoms. The van der Waals surface area contributed by atoms with Crippen molar-refractivity contribution in [3.8, 4) is 0 Å². The quantitative estimate of drug-likeness (QED) is 0.212. The molecule has 3 aromatic rings. The van der Waals surface area contributed by atoms with Gasteiger partial charge in [-0.05, 0) is 29.2 Å². The standard InChI is InChI=1S/C29H31FN4O6/c30-22-12-11-21(16-24(22)34(39)40)26(36)17-31-28(37)23(15-19-7-3-1-4-8-19)32-29(38)27-25(35)13-14-33(27)18-20-9-5-2-6-10-20/h1-12,16,23,25-27,35-36H,13-15,17-18H2,(H,31,37)(H,32,38)/t23-,25-,26+,27+/m0/s1. The van der Waals surface area contributed by atoms with E-state index in [1.54, 1.807) is 12.1 Å². The first-order valence-corrected chi connectivity index (χ1v) is 12.9. The van der Waals surface area contributed by atoms with E-state index in [0.29, 0.717) is 19.5 Å². The number of rotatable bonds is 11. The number of nitro benzene ring substituents is 1. The Morgan fingerprint density at radius 1 is 1.05 bits per heavy atom. The van der Waals surface area contributed by atoms with Gasteiger partial charge in [-0.1, -0.05) is 66.7 Å². The highest BCUT2D eigenvalue weighted by Gasteiger charge is 2.39. The van der Waals surface area contributed by atoms with Gasteiger partial charge >= 0.3 is 5.69 Å². The maximum absolute atomic E-state index is 13.7. The number of nitrogens with one attached hydrogen (secondary N) is 2. The number of hydrogen-bond donors (Lipinski definition) is 4. The minimum absolute atomic E-state index is 0.0580. The fourth-order valence-corrected chi connectivity index (χ4v) is 4.81. The fraction of sp³-hybridized carbons (Fsp3) is 0.310. The molecular formula is C29H31FN4O6. The van der Waals surface area contributed by atoms with Crippen molar-refractivity contribution in [3.05, 3.63) is 111 Å². The summed E-state index contributed by atoms with van der Waals surface area (Å²) in [4.78, 5) is 38.7. The summed E-state index contributed by atoms with van der Waals surface area (Å²) >= 11 is 0. The number of likely N-dealkylation sites (tertiary alicyclic amines) is 1. The van der Waals surface area contributed by atoms with E-state index in [2.05, 4.69) is 10.6 Å². The van der Waals surface area contributed by atoms with E-state index in [0.717, 1.165) is 23.3 Å². The molecule has 4 atom stereocenters. The van der Waals surface area contributed by atoms with E-state index in [-0.39, 0.29) is 18.5 Å². The van der Waals surface area contributed by atoms with Gasteiger partial charge in [0.2, 0.25) is 17.6 Å². The summed E-state index contributed by atoms with van der Waals surface area (Å²) in [5.41, 5.74) is 1.05. The molecular weight excluding hydrogens is 519 g/mol. The van der Waals surface area contributed by atoms with Gasteiger partial charge in [-0.25, -0.2) is 0 Å². The van der Waals surface area contributed by atoms with Crippen LogP contribution in [-0.4, -0.2) is 63.1 Å². The molecule has 1 aliphatic heterocycles. The molecule has 1 aliphatic rings. The van der Waals surface area contributed by atoms with Crippen LogP contribution in [0.4, 0.5) is 10.1 Å². The van der Waals surface area contributed by atoms with Crippen LogP contribution in [0.3, 0.4) is 0 Å². The zero-order valence-electron chi connectivity index (χ0n) is 21.7. The van der Waals surface area contributed by atoms with Crippen LogP contribution >= 0.6 is 0 Å². The summed E-state index contributed by atoms with van der Waals surface area (Å²) in [5, 5.41) is 37.5. The maximum Gasteiger partial charge on any atom is 0.305 e. The molecule has 4 rings (SSSR count). The summed E-state index contributed by atoms with van der Waals surface area (Å²) in [6.07, 6.45) is -1.69. The van der Waals surface area contributed by atoms with Crippen LogP contribution in [0.1, 0.15) is 29.2 Å². The highest BCUT2D eigenvalue weighted by Crippen LogP contribution is 2.23. The Balaban J connectivity index is 1.46. The first-order valence-electron chi connectivity index (χ1n) is 12.9. The third-order valence-corrected chi connectivity index (χ3v) is 6.90. The van der Waals surface area contributed by atoms with Crippen LogP contribution in [0.2, 0.25) is 0 Å². The second-order valence-corrected chi connectivity index (χ2v) is 9.74. The van der Waals surface area contributed by atoms with Gasteiger partial charge in [0.1, 0.15) is 12.1 Å². The molecule has 1 heterocycles. The lowest BCUT2D eigenvalue weighted by atomic mass is 10.0. The first-order chi connectivity index (χ1) is 19.2. The van der Waals surface area contributed by atoms with E-state index in [1.165, 1.54) is 6.07 Å². The number of aliphatic hydroxyl groups excluding tert-OH is 2. The van der Waals surface area contributed by atoms with E-state index >= 15 is 0 Å². The molecule has 0 aromatic heterocycles. The van der Waals surface area contributed by atoms with Gasteiger partial charge in [-0.2, -0.15) is 4.39 Å². The van der Waals surface area contributed by atoms with Crippen LogP contribution in [0.5, 0.6) is 0 Å². The number of nitro groups is 1. The van der Waals surface area contributed by atoms with Crippen LogP contribution < -0.4 is 10.6 Å². The van der Waals surface area contributed by atoms with Crippen LogP contribution in [0.25, 0.3) is 0 Å². The average molecular weight is 551 g/mol. The Bertz CT molecular complexity index is 1330. The molecule has 4 N–H and O–H groups in total. The summed E-state index contributed by atoms with van der Waals surface area (Å²) in [7, 11) is 0. The van der Waals surface area contributed by atoms with Crippen molar-refractivity contribution < 1.29 is 29.1 Å². The summed E-state index contributed by atoms with van der Waals surface area (Å²) in [6, 6.07) is 19.7. The maximum atomic E-state index is 13.7. The van der Waals surface area contributed by atoms with E-state index in [4.69, 9.17) is 0 Å². The van der Waals surface area contributed by atoms with E-state index in [9.17, 15) is 34.3 Å². The number of halogens is 1. The first kappa shape index (κ1) is 28.8. The summed E-state index contributed by atoms with van der Waals surface area (Å²) in [6.45, 7) is 0.649. The zero-order chi connectivity index (χ0) is 28.6. The Morgan fingerprint density at radius 2 is 1.70 bits per heavy atom. The van der Waals surface area contributed by atoms with Crippen molar-refractivity contribution in [2.24, 2.45) is 0 Å². The Kier molecular flexibility index (Phi) is 9.54. The molecule has 2 amide bonds. The molecule has 0 radical (unpaired) electrons. The number of aliphatic hydroxyl groups is 2. The number of hydrogen-bond acceptors (Lipinski definition) is 7. The number of amides is 2. The highest BCUT2D eigenvalue weighted by molar-refractivity contribution is 5.90. The second kappa shape index (κ2) is 13.2. The van der Waals surface area contributed by atoms with Gasteiger partial charge in [0.25, 0.3) is 0 Å². The highest BCUT2D eigenvalue weighted by atomic mass is 19.1. The molecule has 1 saturated heterocycles. The predicted molar refractivity (Wildman–Crippen MR) is 144 cm³/mol. The van der Waals surface area contributed by atoms with Gasteiger partial charge in [0.15, 0.2) is 0 Å². The minimum Gasteiger partial charge on any atom is -0.391 e. The molecule has 11 heteroatoms. The van der Waals surface area contributed by atoms with Crippen LogP contribution in [0.15, 0.2) is 78.9 Å². The van der Waals surface area contributed by atoms with Crippen molar-refractivity contribution in [2.75, 3.05) is 13.1 Å². The molecule has 0 unspecified atom stereocenters. The Labute approximate surface area is 230 Å². The Hall–Kier alpha value is -4.19. The minimum atomic E-state index is -1.35. The Morgan fingerprint density at radius 3 is 2.35 bits per heavy atom. The molecule has 0 aliphatic carbocycles. The molecule has 1 fully saturated rings. The zero-order valence-corrected chi connectivity index (χ0v) is 21.7. The van der Waals surface area contributed by atoms with Crippen LogP contribution in [-0.2, 0) is 22.6 Å². The largest absolute Gasteiger partial charge is 0.391 e. The van der Waals surface area contributed by atoms with Gasteiger partial charge in [-0.15, -0.1) is 0 Å². The molecule has 0 bridgehead atoms. The lowest BCUT2D eigenvalue weighted by Gasteiger charge is -2.28. The third-order valence-electron chi connectivity index (χ3n) is 6.90. The van der Waals surface area contributed by atoms with Crippen molar-refractivity contribution in [2.45, 2.75) is 43.7 Å². The van der Waals surface area contributed by atoms with Crippen molar-refractivity contribution in [1.82, 2.24) is 15.5 Å². The topological polar surface area (TPSA) is 145 Å². The number of nitrogens with zero attached hydrogens (tertiary/aromatic N) is 2. The molecule has 10 nitrogen and oxygen atoms in total. The third kappa shape index (κ3) is 7.26. The molecule has 0 spiro atoms. The number of carbonyl (C=O) groups excluding carboxylic acids is 2. The van der Waals surface area contributed by atoms with Gasteiger partial charge in [-0.3, -0.25) is 24.6 Å². The molecule has 0 saturated carbocycles. The summed E-state index contributed by atoms with van der Waals surface area (Å²) in [5.74, 6) is -2.12. The average Bonchev–Trinajstić information content (AvgIpc) is 3.31. The monoisotopic (exact) mass is 550 g/mol. The molecule has 3 aromatic carbocycles. The van der Waals surface area contributed by atoms with Crippen molar-refractivity contribution >= 4 is 17.5 Å². The second-order valence-electron chi connectivity index (χ2n) is 9.74. The number of carbonyl (C=O) groups is 2.